The molecule has 0 amide bonds. The second-order valence-corrected chi connectivity index (χ2v) is 5.44. The van der Waals surface area contributed by atoms with Gasteiger partial charge < -0.3 is 10.0 Å². The van der Waals surface area contributed by atoms with Crippen LogP contribution in [0, 0.1) is 6.92 Å². The van der Waals surface area contributed by atoms with Crippen molar-refractivity contribution in [2.45, 2.75) is 25.4 Å². The van der Waals surface area contributed by atoms with Crippen LogP contribution in [-0.2, 0) is 0 Å². The molecule has 2 bridgehead atoms. The Balaban J connectivity index is 1.90. The number of hydrogen-bond donors (Lipinski definition) is 1. The summed E-state index contributed by atoms with van der Waals surface area (Å²) < 4.78 is 0. The zero-order valence-electron chi connectivity index (χ0n) is 10.8. The molecule has 0 spiro atoms. The van der Waals surface area contributed by atoms with Crippen LogP contribution in [-0.4, -0.2) is 48.2 Å². The van der Waals surface area contributed by atoms with Crippen LogP contribution in [0.4, 0.5) is 5.69 Å². The van der Waals surface area contributed by atoms with E-state index in [4.69, 9.17) is 0 Å². The minimum Gasteiger partial charge on any atom is -0.478 e. The highest BCUT2D eigenvalue weighted by Gasteiger charge is 2.41. The number of hydrogen-bond acceptors (Lipinski definition) is 3. The lowest BCUT2D eigenvalue weighted by atomic mass is 10.1. The number of benzene rings is 1. The number of aromatic carboxylic acids is 1. The average Bonchev–Trinajstić information content (AvgIpc) is 2.88. The SMILES string of the molecule is Cc1ccc(N2C[C@@H]3C[C@H]2CN3C)cc1C(=O)O. The van der Waals surface area contributed by atoms with Gasteiger partial charge in [0.1, 0.15) is 0 Å². The first-order valence-corrected chi connectivity index (χ1v) is 6.37. The molecule has 0 unspecified atom stereocenters. The second kappa shape index (κ2) is 3.99. The lowest BCUT2D eigenvalue weighted by molar-refractivity contribution is 0.0696. The molecule has 0 aromatic heterocycles. The van der Waals surface area contributed by atoms with E-state index in [0.717, 1.165) is 24.3 Å². The predicted octanol–water partition coefficient (Wildman–Crippen LogP) is 1.59. The number of nitrogens with zero attached hydrogens (tertiary/aromatic N) is 2. The number of likely N-dealkylation sites (N-methyl/N-ethyl adjacent to an activating group) is 1. The van der Waals surface area contributed by atoms with E-state index in [0.29, 0.717) is 17.6 Å². The highest BCUT2D eigenvalue weighted by molar-refractivity contribution is 5.90. The molecule has 0 radical (unpaired) electrons. The Morgan fingerprint density at radius 3 is 2.67 bits per heavy atom. The van der Waals surface area contributed by atoms with Crippen molar-refractivity contribution >= 4 is 11.7 Å². The standard InChI is InChI=1S/C14H18N2O2/c1-9-3-4-10(6-13(9)14(17)18)16-8-11-5-12(16)7-15(11)2/h3-4,6,11-12H,5,7-8H2,1-2H3,(H,17,18)/t11-,12-/m0/s1. The fraction of sp³-hybridized carbons (Fsp3) is 0.500. The van der Waals surface area contributed by atoms with Gasteiger partial charge in [0.15, 0.2) is 0 Å². The Morgan fingerprint density at radius 1 is 1.33 bits per heavy atom. The molecule has 96 valence electrons. The Bertz CT molecular complexity index is 499. The van der Waals surface area contributed by atoms with Crippen LogP contribution in [0.1, 0.15) is 22.3 Å². The number of fused-ring (bicyclic) bond motifs is 2. The number of piperazine rings is 1. The summed E-state index contributed by atoms with van der Waals surface area (Å²) in [5.41, 5.74) is 2.30. The highest BCUT2D eigenvalue weighted by atomic mass is 16.4. The summed E-state index contributed by atoms with van der Waals surface area (Å²) in [5, 5.41) is 9.18. The number of carboxylic acids is 1. The lowest BCUT2D eigenvalue weighted by Gasteiger charge is -2.33. The topological polar surface area (TPSA) is 43.8 Å². The molecule has 2 aliphatic rings. The van der Waals surface area contributed by atoms with Gasteiger partial charge in [-0.2, -0.15) is 0 Å². The van der Waals surface area contributed by atoms with Gasteiger partial charge in [-0.15, -0.1) is 0 Å². The van der Waals surface area contributed by atoms with Gasteiger partial charge in [-0.05, 0) is 38.1 Å². The van der Waals surface area contributed by atoms with Crippen LogP contribution in [0.25, 0.3) is 0 Å². The molecule has 2 aliphatic heterocycles. The highest BCUT2D eigenvalue weighted by Crippen LogP contribution is 2.34. The molecule has 2 saturated heterocycles. The van der Waals surface area contributed by atoms with Crippen LogP contribution in [0.3, 0.4) is 0 Å². The Hall–Kier alpha value is -1.55. The average molecular weight is 246 g/mol. The van der Waals surface area contributed by atoms with E-state index in [2.05, 4.69) is 16.8 Å². The van der Waals surface area contributed by atoms with Crippen molar-refractivity contribution in [3.05, 3.63) is 29.3 Å². The monoisotopic (exact) mass is 246 g/mol. The van der Waals surface area contributed by atoms with Crippen LogP contribution in [0.2, 0.25) is 0 Å². The summed E-state index contributed by atoms with van der Waals surface area (Å²) in [7, 11) is 2.17. The first-order valence-electron chi connectivity index (χ1n) is 6.37. The van der Waals surface area contributed by atoms with Crippen molar-refractivity contribution < 1.29 is 9.90 Å². The third-order valence-corrected chi connectivity index (χ3v) is 4.30. The molecule has 2 atom stereocenters. The van der Waals surface area contributed by atoms with E-state index < -0.39 is 5.97 Å². The molecule has 18 heavy (non-hydrogen) atoms. The third-order valence-electron chi connectivity index (χ3n) is 4.30. The largest absolute Gasteiger partial charge is 0.478 e. The summed E-state index contributed by atoms with van der Waals surface area (Å²) in [4.78, 5) is 15.9. The number of rotatable bonds is 2. The first kappa shape index (κ1) is 11.5. The van der Waals surface area contributed by atoms with Crippen LogP contribution in [0.15, 0.2) is 18.2 Å². The van der Waals surface area contributed by atoms with Gasteiger partial charge in [-0.25, -0.2) is 4.79 Å². The number of aryl methyl sites for hydroxylation is 1. The zero-order chi connectivity index (χ0) is 12.9. The molecule has 0 saturated carbocycles. The van der Waals surface area contributed by atoms with Gasteiger partial charge in [0, 0.05) is 30.9 Å². The van der Waals surface area contributed by atoms with E-state index >= 15 is 0 Å². The van der Waals surface area contributed by atoms with Crippen LogP contribution in [0.5, 0.6) is 0 Å². The minimum atomic E-state index is -0.837. The molecule has 4 nitrogen and oxygen atoms in total. The summed E-state index contributed by atoms with van der Waals surface area (Å²) in [5.74, 6) is -0.837. The third kappa shape index (κ3) is 1.68. The molecular weight excluding hydrogens is 228 g/mol. The molecule has 4 heteroatoms. The van der Waals surface area contributed by atoms with Gasteiger partial charge in [-0.1, -0.05) is 6.07 Å². The normalized spacial score (nSPS) is 26.9. The van der Waals surface area contributed by atoms with Crippen molar-refractivity contribution in [2.75, 3.05) is 25.0 Å². The smallest absolute Gasteiger partial charge is 0.336 e. The van der Waals surface area contributed by atoms with Crippen molar-refractivity contribution in [1.82, 2.24) is 4.90 Å². The molecule has 2 heterocycles. The maximum atomic E-state index is 11.2. The zero-order valence-corrected chi connectivity index (χ0v) is 10.8. The summed E-state index contributed by atoms with van der Waals surface area (Å²) >= 11 is 0. The molecule has 0 aliphatic carbocycles. The maximum absolute atomic E-state index is 11.2. The maximum Gasteiger partial charge on any atom is 0.336 e. The number of likely N-dealkylation sites (tertiary alicyclic amines) is 1. The van der Waals surface area contributed by atoms with Gasteiger partial charge >= 0.3 is 5.97 Å². The molecular formula is C14H18N2O2. The van der Waals surface area contributed by atoms with Crippen molar-refractivity contribution in [3.8, 4) is 0 Å². The van der Waals surface area contributed by atoms with E-state index in [1.807, 2.05) is 25.1 Å². The lowest BCUT2D eigenvalue weighted by Crippen LogP contribution is -2.44. The van der Waals surface area contributed by atoms with Gasteiger partial charge in [0.2, 0.25) is 0 Å². The summed E-state index contributed by atoms with van der Waals surface area (Å²) in [6.45, 7) is 3.95. The van der Waals surface area contributed by atoms with Crippen molar-refractivity contribution in [1.29, 1.82) is 0 Å². The van der Waals surface area contributed by atoms with Crippen molar-refractivity contribution in [2.24, 2.45) is 0 Å². The van der Waals surface area contributed by atoms with Crippen LogP contribution < -0.4 is 4.90 Å². The Labute approximate surface area is 107 Å². The fourth-order valence-corrected chi connectivity index (χ4v) is 3.20. The number of carbonyl (C=O) groups is 1. The summed E-state index contributed by atoms with van der Waals surface area (Å²) in [6.07, 6.45) is 1.20. The van der Waals surface area contributed by atoms with Gasteiger partial charge in [0.05, 0.1) is 5.56 Å². The fourth-order valence-electron chi connectivity index (χ4n) is 3.20. The molecule has 1 aromatic rings. The van der Waals surface area contributed by atoms with Gasteiger partial charge in [-0.3, -0.25) is 4.90 Å². The molecule has 3 rings (SSSR count). The van der Waals surface area contributed by atoms with E-state index in [1.54, 1.807) is 0 Å². The molecule has 2 fully saturated rings. The van der Waals surface area contributed by atoms with E-state index in [-0.39, 0.29) is 0 Å². The minimum absolute atomic E-state index is 0.420. The summed E-state index contributed by atoms with van der Waals surface area (Å²) in [6, 6.07) is 6.95. The molecule has 1 aromatic carbocycles. The second-order valence-electron chi connectivity index (χ2n) is 5.44. The van der Waals surface area contributed by atoms with E-state index in [9.17, 15) is 9.90 Å². The quantitative estimate of drug-likeness (QED) is 0.860. The number of carboxylic acid groups (broad SMARTS) is 1. The van der Waals surface area contributed by atoms with Gasteiger partial charge in [0.25, 0.3) is 0 Å². The van der Waals surface area contributed by atoms with Crippen molar-refractivity contribution in [3.63, 3.8) is 0 Å². The molecule has 1 N–H and O–H groups in total. The van der Waals surface area contributed by atoms with E-state index in [1.165, 1.54) is 6.42 Å². The predicted molar refractivity (Wildman–Crippen MR) is 70.3 cm³/mol. The first-order chi connectivity index (χ1) is 8.56. The number of anilines is 1. The Kier molecular flexibility index (Phi) is 2.55. The Morgan fingerprint density at radius 2 is 2.11 bits per heavy atom. The van der Waals surface area contributed by atoms with Crippen LogP contribution >= 0.6 is 0 Å².